The zero-order valence-electron chi connectivity index (χ0n) is 17.3. The molecule has 1 N–H and O–H groups in total. The normalized spacial score (nSPS) is 16.8. The fourth-order valence-corrected chi connectivity index (χ4v) is 6.08. The fourth-order valence-electron chi connectivity index (χ4n) is 3.57. The zero-order valence-corrected chi connectivity index (χ0v) is 19.7. The van der Waals surface area contributed by atoms with Crippen LogP contribution in [-0.4, -0.2) is 42.8 Å². The summed E-state index contributed by atoms with van der Waals surface area (Å²) in [6, 6.07) is 12.7. The number of carbonyl (C=O) groups is 1. The third kappa shape index (κ3) is 4.80. The predicted octanol–water partition coefficient (Wildman–Crippen LogP) is 4.65. The number of ether oxygens (including phenoxy) is 1. The molecule has 0 aliphatic carbocycles. The van der Waals surface area contributed by atoms with Crippen LogP contribution in [0.15, 0.2) is 58.8 Å². The number of sulfonamides is 1. The molecule has 1 atom stereocenters. The minimum absolute atomic E-state index is 0.119. The number of benzene rings is 2. The first-order chi connectivity index (χ1) is 15.4. The second-order valence-electron chi connectivity index (χ2n) is 7.21. The molecule has 0 bridgehead atoms. The Kier molecular flexibility index (Phi) is 6.80. The van der Waals surface area contributed by atoms with Crippen LogP contribution in [0.3, 0.4) is 0 Å². The number of thiazole rings is 1. The van der Waals surface area contributed by atoms with Crippen LogP contribution in [0.1, 0.15) is 19.8 Å². The van der Waals surface area contributed by atoms with Crippen molar-refractivity contribution in [2.24, 2.45) is 0 Å². The van der Waals surface area contributed by atoms with Crippen LogP contribution in [0.25, 0.3) is 11.3 Å². The van der Waals surface area contributed by atoms with E-state index >= 15 is 0 Å². The number of carbonyl (C=O) groups excluding carboxylic acids is 1. The van der Waals surface area contributed by atoms with E-state index in [1.807, 2.05) is 36.6 Å². The van der Waals surface area contributed by atoms with Gasteiger partial charge in [-0.1, -0.05) is 11.6 Å². The van der Waals surface area contributed by atoms with Crippen molar-refractivity contribution >= 4 is 44.0 Å². The van der Waals surface area contributed by atoms with Crippen LogP contribution in [-0.2, 0) is 14.8 Å². The maximum absolute atomic E-state index is 13.1. The SMILES string of the molecule is CCOc1ccc(-c2csc(NC(=O)C3CCCN3S(=O)(=O)c3ccc(Cl)cc3)n2)cc1. The number of halogens is 1. The Morgan fingerprint density at radius 2 is 1.94 bits per heavy atom. The van der Waals surface area contributed by atoms with Crippen LogP contribution in [0, 0.1) is 0 Å². The zero-order chi connectivity index (χ0) is 22.7. The van der Waals surface area contributed by atoms with Gasteiger partial charge < -0.3 is 10.1 Å². The Morgan fingerprint density at radius 1 is 1.22 bits per heavy atom. The first-order valence-corrected chi connectivity index (χ1v) is 12.9. The third-order valence-electron chi connectivity index (χ3n) is 5.12. The van der Waals surface area contributed by atoms with Gasteiger partial charge in [0.05, 0.1) is 17.2 Å². The Bertz CT molecular complexity index is 1190. The van der Waals surface area contributed by atoms with Gasteiger partial charge in [-0.2, -0.15) is 4.31 Å². The summed E-state index contributed by atoms with van der Waals surface area (Å²) in [5.74, 6) is 0.399. The second kappa shape index (κ2) is 9.58. The minimum Gasteiger partial charge on any atom is -0.494 e. The highest BCUT2D eigenvalue weighted by molar-refractivity contribution is 7.89. The Balaban J connectivity index is 1.47. The molecular formula is C22H22ClN3O4S2. The number of hydrogen-bond acceptors (Lipinski definition) is 6. The molecule has 32 heavy (non-hydrogen) atoms. The van der Waals surface area contributed by atoms with E-state index in [4.69, 9.17) is 16.3 Å². The molecule has 1 amide bonds. The molecule has 1 unspecified atom stereocenters. The van der Waals surface area contributed by atoms with Crippen LogP contribution < -0.4 is 10.1 Å². The van der Waals surface area contributed by atoms with Gasteiger partial charge in [0.15, 0.2) is 5.13 Å². The maximum atomic E-state index is 13.1. The van der Waals surface area contributed by atoms with E-state index in [9.17, 15) is 13.2 Å². The van der Waals surface area contributed by atoms with E-state index in [0.717, 1.165) is 17.0 Å². The van der Waals surface area contributed by atoms with Gasteiger partial charge >= 0.3 is 0 Å². The summed E-state index contributed by atoms with van der Waals surface area (Å²) < 4.78 is 32.8. The fraction of sp³-hybridized carbons (Fsp3) is 0.273. The standard InChI is InChI=1S/C22H22ClN3O4S2/c1-2-30-17-9-5-15(6-10-17)19-14-31-22(24-19)25-21(27)20-4-3-13-26(20)32(28,29)18-11-7-16(23)8-12-18/h5-12,14,20H,2-4,13H2,1H3,(H,24,25,27). The maximum Gasteiger partial charge on any atom is 0.244 e. The van der Waals surface area contributed by atoms with Gasteiger partial charge in [-0.25, -0.2) is 13.4 Å². The van der Waals surface area contributed by atoms with Crippen molar-refractivity contribution < 1.29 is 17.9 Å². The average molecular weight is 492 g/mol. The molecule has 168 valence electrons. The van der Waals surface area contributed by atoms with Crippen LogP contribution in [0.2, 0.25) is 5.02 Å². The molecule has 0 saturated carbocycles. The van der Waals surface area contributed by atoms with Crippen molar-refractivity contribution in [2.75, 3.05) is 18.5 Å². The molecule has 1 fully saturated rings. The predicted molar refractivity (Wildman–Crippen MR) is 126 cm³/mol. The molecule has 7 nitrogen and oxygen atoms in total. The first kappa shape index (κ1) is 22.7. The van der Waals surface area contributed by atoms with E-state index in [2.05, 4.69) is 10.3 Å². The molecule has 1 aromatic heterocycles. The monoisotopic (exact) mass is 491 g/mol. The van der Waals surface area contributed by atoms with E-state index < -0.39 is 16.1 Å². The highest BCUT2D eigenvalue weighted by Gasteiger charge is 2.39. The van der Waals surface area contributed by atoms with Crippen LogP contribution in [0.4, 0.5) is 5.13 Å². The number of hydrogen-bond donors (Lipinski definition) is 1. The van der Waals surface area contributed by atoms with E-state index in [0.29, 0.717) is 36.1 Å². The van der Waals surface area contributed by atoms with E-state index in [-0.39, 0.29) is 10.8 Å². The number of nitrogens with zero attached hydrogens (tertiary/aromatic N) is 2. The molecule has 4 rings (SSSR count). The number of amides is 1. The number of aromatic nitrogens is 1. The van der Waals surface area contributed by atoms with Gasteiger partial charge in [0.2, 0.25) is 15.9 Å². The minimum atomic E-state index is -3.80. The van der Waals surface area contributed by atoms with Crippen molar-refractivity contribution in [3.63, 3.8) is 0 Å². The van der Waals surface area contributed by atoms with Gasteiger partial charge in [0.25, 0.3) is 0 Å². The Hall–Kier alpha value is -2.46. The van der Waals surface area contributed by atoms with Crippen molar-refractivity contribution in [2.45, 2.75) is 30.7 Å². The smallest absolute Gasteiger partial charge is 0.244 e. The van der Waals surface area contributed by atoms with Crippen molar-refractivity contribution in [3.05, 3.63) is 58.9 Å². The molecule has 1 aliphatic rings. The summed E-state index contributed by atoms with van der Waals surface area (Å²) in [6.45, 7) is 2.81. The van der Waals surface area contributed by atoms with Crippen molar-refractivity contribution in [1.29, 1.82) is 0 Å². The summed E-state index contributed by atoms with van der Waals surface area (Å²) in [6.07, 6.45) is 1.07. The van der Waals surface area contributed by atoms with Crippen LogP contribution in [0.5, 0.6) is 5.75 Å². The topological polar surface area (TPSA) is 88.6 Å². The molecular weight excluding hydrogens is 470 g/mol. The summed E-state index contributed by atoms with van der Waals surface area (Å²) in [5, 5.41) is 5.51. The Morgan fingerprint density at radius 3 is 2.62 bits per heavy atom. The molecule has 2 aromatic carbocycles. The van der Waals surface area contributed by atoms with Crippen molar-refractivity contribution in [1.82, 2.24) is 9.29 Å². The number of anilines is 1. The quantitative estimate of drug-likeness (QED) is 0.519. The molecule has 0 spiro atoms. The van der Waals surface area contributed by atoms with Gasteiger partial charge in [-0.3, -0.25) is 4.79 Å². The lowest BCUT2D eigenvalue weighted by Gasteiger charge is -2.23. The van der Waals surface area contributed by atoms with Crippen molar-refractivity contribution in [3.8, 4) is 17.0 Å². The molecule has 1 aliphatic heterocycles. The lowest BCUT2D eigenvalue weighted by atomic mass is 10.2. The molecule has 3 aromatic rings. The molecule has 0 radical (unpaired) electrons. The molecule has 1 saturated heterocycles. The summed E-state index contributed by atoms with van der Waals surface area (Å²) in [5.41, 5.74) is 1.63. The lowest BCUT2D eigenvalue weighted by molar-refractivity contribution is -0.119. The van der Waals surface area contributed by atoms with Gasteiger partial charge in [0.1, 0.15) is 11.8 Å². The average Bonchev–Trinajstić information content (AvgIpc) is 3.45. The highest BCUT2D eigenvalue weighted by atomic mass is 35.5. The highest BCUT2D eigenvalue weighted by Crippen LogP contribution is 2.30. The van der Waals surface area contributed by atoms with Crippen LogP contribution >= 0.6 is 22.9 Å². The first-order valence-electron chi connectivity index (χ1n) is 10.2. The Labute approximate surface area is 196 Å². The van der Waals surface area contributed by atoms with Gasteiger partial charge in [-0.15, -0.1) is 11.3 Å². The van der Waals surface area contributed by atoms with Gasteiger partial charge in [0, 0.05) is 22.5 Å². The van der Waals surface area contributed by atoms with Gasteiger partial charge in [-0.05, 0) is 68.3 Å². The molecule has 10 heteroatoms. The van der Waals surface area contributed by atoms with E-state index in [1.165, 1.54) is 39.9 Å². The second-order valence-corrected chi connectivity index (χ2v) is 10.4. The summed E-state index contributed by atoms with van der Waals surface area (Å²) >= 11 is 7.17. The summed E-state index contributed by atoms with van der Waals surface area (Å²) in [7, 11) is -3.80. The number of rotatable bonds is 7. The summed E-state index contributed by atoms with van der Waals surface area (Å²) in [4.78, 5) is 17.5. The number of nitrogens with one attached hydrogen (secondary N) is 1. The van der Waals surface area contributed by atoms with E-state index in [1.54, 1.807) is 0 Å². The lowest BCUT2D eigenvalue weighted by Crippen LogP contribution is -2.43. The molecule has 2 heterocycles. The largest absolute Gasteiger partial charge is 0.494 e. The third-order valence-corrected chi connectivity index (χ3v) is 8.05.